The van der Waals surface area contributed by atoms with Crippen LogP contribution in [0, 0.1) is 0 Å². The second-order valence-electron chi connectivity index (χ2n) is 11.5. The minimum absolute atomic E-state index is 0.139. The number of nitrogens with two attached hydrogens (primary N) is 1. The lowest BCUT2D eigenvalue weighted by molar-refractivity contribution is -0.148. The van der Waals surface area contributed by atoms with Crippen LogP contribution in [-0.4, -0.2) is 54.4 Å². The number of hydrogen-bond donors (Lipinski definition) is 1. The van der Waals surface area contributed by atoms with Crippen LogP contribution in [0.2, 0.25) is 0 Å². The highest BCUT2D eigenvalue weighted by Crippen LogP contribution is 2.32. The van der Waals surface area contributed by atoms with Crippen molar-refractivity contribution in [1.29, 1.82) is 0 Å². The Kier molecular flexibility index (Phi) is 11.3. The average Bonchev–Trinajstić information content (AvgIpc) is 2.83. The molecular formula is C30H39NO11. The second kappa shape index (κ2) is 14.0. The summed E-state index contributed by atoms with van der Waals surface area (Å²) in [6, 6.07) is 12.6. The van der Waals surface area contributed by atoms with Gasteiger partial charge in [0.15, 0.2) is 11.5 Å². The van der Waals surface area contributed by atoms with E-state index in [9.17, 15) is 19.2 Å². The molecule has 12 heteroatoms. The Bertz CT molecular complexity index is 1250. The van der Waals surface area contributed by atoms with Crippen LogP contribution in [-0.2, 0) is 30.2 Å². The molecule has 0 aromatic heterocycles. The van der Waals surface area contributed by atoms with Crippen molar-refractivity contribution in [3.8, 4) is 17.2 Å². The van der Waals surface area contributed by atoms with Crippen LogP contribution in [0.4, 0.5) is 14.4 Å². The maximum absolute atomic E-state index is 12.8. The summed E-state index contributed by atoms with van der Waals surface area (Å²) in [5.41, 5.74) is 3.51. The third-order valence-electron chi connectivity index (χ3n) is 5.18. The minimum atomic E-state index is -1.68. The molecular weight excluding hydrogens is 550 g/mol. The number of para-hydroxylation sites is 1. The van der Waals surface area contributed by atoms with E-state index in [0.29, 0.717) is 5.56 Å². The topological polar surface area (TPSA) is 159 Å². The van der Waals surface area contributed by atoms with Crippen LogP contribution in [0.15, 0.2) is 48.5 Å². The standard InChI is InChI=1S/C30H39NO11/c1-19(37-25(33)38-21-12-10-9-11-13-21)17-30(31,24(32)36-8)18-20-14-15-22(39-26(34)41-28(2,3)4)23(16-20)40-27(35)42-29(5,6)7/h9-16,19H,17-18,31H2,1-8H3/t19-,30?/m0/s1. The zero-order valence-electron chi connectivity index (χ0n) is 25.2. The quantitative estimate of drug-likeness (QED) is 0.216. The van der Waals surface area contributed by atoms with Gasteiger partial charge in [-0.2, -0.15) is 0 Å². The molecule has 0 aliphatic heterocycles. The van der Waals surface area contributed by atoms with E-state index in [1.165, 1.54) is 25.3 Å². The molecule has 230 valence electrons. The first kappa shape index (κ1) is 33.9. The predicted octanol–water partition coefficient (Wildman–Crippen LogP) is 5.72. The fraction of sp³-hybridized carbons (Fsp3) is 0.467. The van der Waals surface area contributed by atoms with Crippen molar-refractivity contribution in [2.75, 3.05) is 7.11 Å². The molecule has 42 heavy (non-hydrogen) atoms. The molecule has 1 unspecified atom stereocenters. The summed E-state index contributed by atoms with van der Waals surface area (Å²) in [7, 11) is 1.17. The molecule has 2 N–H and O–H groups in total. The molecule has 0 fully saturated rings. The van der Waals surface area contributed by atoms with Gasteiger partial charge in [-0.3, -0.25) is 4.79 Å². The first-order valence-electron chi connectivity index (χ1n) is 13.1. The fourth-order valence-corrected chi connectivity index (χ4v) is 3.67. The third-order valence-corrected chi connectivity index (χ3v) is 5.18. The van der Waals surface area contributed by atoms with E-state index in [1.807, 2.05) is 0 Å². The fourth-order valence-electron chi connectivity index (χ4n) is 3.67. The monoisotopic (exact) mass is 589 g/mol. The summed E-state index contributed by atoms with van der Waals surface area (Å²) in [4.78, 5) is 49.8. The van der Waals surface area contributed by atoms with Crippen LogP contribution >= 0.6 is 0 Å². The molecule has 2 aromatic carbocycles. The largest absolute Gasteiger partial charge is 0.514 e. The Morgan fingerprint density at radius 3 is 1.83 bits per heavy atom. The molecule has 2 aromatic rings. The Labute approximate surface area is 245 Å². The van der Waals surface area contributed by atoms with E-state index >= 15 is 0 Å². The van der Waals surface area contributed by atoms with Gasteiger partial charge in [-0.25, -0.2) is 14.4 Å². The Morgan fingerprint density at radius 2 is 1.31 bits per heavy atom. The molecule has 0 saturated carbocycles. The molecule has 2 rings (SSSR count). The van der Waals surface area contributed by atoms with Crippen LogP contribution in [0.5, 0.6) is 17.2 Å². The van der Waals surface area contributed by atoms with Gasteiger partial charge < -0.3 is 38.9 Å². The van der Waals surface area contributed by atoms with Gasteiger partial charge in [-0.05, 0) is 78.3 Å². The average molecular weight is 590 g/mol. The normalized spacial score (nSPS) is 13.5. The van der Waals surface area contributed by atoms with Crippen LogP contribution < -0.4 is 19.9 Å². The van der Waals surface area contributed by atoms with Crippen LogP contribution in [0.25, 0.3) is 0 Å². The number of carbonyl (C=O) groups is 4. The van der Waals surface area contributed by atoms with Crippen LogP contribution in [0.1, 0.15) is 60.5 Å². The van der Waals surface area contributed by atoms with Gasteiger partial charge in [0.2, 0.25) is 0 Å². The van der Waals surface area contributed by atoms with E-state index in [4.69, 9.17) is 38.9 Å². The highest BCUT2D eigenvalue weighted by atomic mass is 16.8. The number of carbonyl (C=O) groups excluding carboxylic acids is 4. The molecule has 0 amide bonds. The van der Waals surface area contributed by atoms with Gasteiger partial charge in [0.1, 0.15) is 28.6 Å². The third kappa shape index (κ3) is 11.7. The lowest BCUT2D eigenvalue weighted by Gasteiger charge is -2.29. The minimum Gasteiger partial charge on any atom is -0.468 e. The molecule has 0 bridgehead atoms. The van der Waals surface area contributed by atoms with Gasteiger partial charge >= 0.3 is 24.4 Å². The Balaban J connectivity index is 2.29. The number of hydrogen-bond acceptors (Lipinski definition) is 12. The zero-order chi connectivity index (χ0) is 31.7. The van der Waals surface area contributed by atoms with Gasteiger partial charge in [0.05, 0.1) is 7.11 Å². The predicted molar refractivity (Wildman–Crippen MR) is 150 cm³/mol. The summed E-state index contributed by atoms with van der Waals surface area (Å²) in [6.45, 7) is 11.5. The van der Waals surface area contributed by atoms with Gasteiger partial charge in [0, 0.05) is 12.8 Å². The summed E-state index contributed by atoms with van der Waals surface area (Å²) >= 11 is 0. The lowest BCUT2D eigenvalue weighted by atomic mass is 9.86. The summed E-state index contributed by atoms with van der Waals surface area (Å²) < 4.78 is 36.4. The van der Waals surface area contributed by atoms with Crippen molar-refractivity contribution in [2.45, 2.75) is 84.2 Å². The number of ether oxygens (including phenoxy) is 7. The first-order valence-corrected chi connectivity index (χ1v) is 13.1. The van der Waals surface area contributed by atoms with Crippen molar-refractivity contribution in [3.63, 3.8) is 0 Å². The molecule has 2 atom stereocenters. The van der Waals surface area contributed by atoms with Crippen molar-refractivity contribution in [1.82, 2.24) is 0 Å². The van der Waals surface area contributed by atoms with Crippen molar-refractivity contribution in [3.05, 3.63) is 54.1 Å². The van der Waals surface area contributed by atoms with E-state index in [0.717, 1.165) is 0 Å². The second-order valence-corrected chi connectivity index (χ2v) is 11.5. The SMILES string of the molecule is COC(=O)C(N)(Cc1ccc(OC(=O)OC(C)(C)C)c(OC(=O)OC(C)(C)C)c1)C[C@H](C)OC(=O)Oc1ccccc1. The zero-order valence-corrected chi connectivity index (χ0v) is 25.2. The maximum Gasteiger partial charge on any atom is 0.514 e. The van der Waals surface area contributed by atoms with E-state index in [-0.39, 0.29) is 30.1 Å². The highest BCUT2D eigenvalue weighted by molar-refractivity contribution is 5.81. The molecule has 0 radical (unpaired) electrons. The van der Waals surface area contributed by atoms with E-state index < -0.39 is 47.3 Å². The van der Waals surface area contributed by atoms with Gasteiger partial charge in [-0.1, -0.05) is 24.3 Å². The Morgan fingerprint density at radius 1 is 0.762 bits per heavy atom. The molecule has 0 spiro atoms. The van der Waals surface area contributed by atoms with E-state index in [1.54, 1.807) is 78.8 Å². The van der Waals surface area contributed by atoms with Crippen molar-refractivity contribution >= 4 is 24.4 Å². The van der Waals surface area contributed by atoms with Crippen LogP contribution in [0.3, 0.4) is 0 Å². The molecule has 0 saturated heterocycles. The Hall–Kier alpha value is -4.32. The van der Waals surface area contributed by atoms with Crippen molar-refractivity contribution in [2.24, 2.45) is 5.73 Å². The molecule has 0 heterocycles. The van der Waals surface area contributed by atoms with Crippen molar-refractivity contribution < 1.29 is 52.3 Å². The van der Waals surface area contributed by atoms with E-state index in [2.05, 4.69) is 0 Å². The summed E-state index contributed by atoms with van der Waals surface area (Å²) in [6.07, 6.45) is -4.21. The lowest BCUT2D eigenvalue weighted by Crippen LogP contribution is -2.53. The number of rotatable bonds is 9. The number of benzene rings is 2. The number of esters is 1. The molecule has 12 nitrogen and oxygen atoms in total. The first-order chi connectivity index (χ1) is 19.4. The van der Waals surface area contributed by atoms with Gasteiger partial charge in [-0.15, -0.1) is 0 Å². The highest BCUT2D eigenvalue weighted by Gasteiger charge is 2.38. The summed E-state index contributed by atoms with van der Waals surface area (Å²) in [5.74, 6) is -0.818. The summed E-state index contributed by atoms with van der Waals surface area (Å²) in [5, 5.41) is 0. The smallest absolute Gasteiger partial charge is 0.468 e. The number of methoxy groups -OCH3 is 1. The molecule has 0 aliphatic carbocycles. The van der Waals surface area contributed by atoms with Gasteiger partial charge in [0.25, 0.3) is 0 Å². The maximum atomic E-state index is 12.8. The molecule has 0 aliphatic rings.